The smallest absolute Gasteiger partial charge is 0.420 e. The van der Waals surface area contributed by atoms with Crippen molar-refractivity contribution in [2.45, 2.75) is 78.1 Å². The number of amides is 1. The van der Waals surface area contributed by atoms with Crippen LogP contribution in [0.25, 0.3) is 0 Å². The predicted octanol–water partition coefficient (Wildman–Crippen LogP) is 3.27. The number of ether oxygens (including phenoxy) is 3. The molecule has 9 heteroatoms. The normalized spacial score (nSPS) is 12.8. The zero-order valence-corrected chi connectivity index (χ0v) is 17.5. The molecule has 1 amide bonds. The first-order valence-electron chi connectivity index (χ1n) is 9.26. The van der Waals surface area contributed by atoms with Crippen LogP contribution >= 0.6 is 0 Å². The first kappa shape index (κ1) is 23.5. The third kappa shape index (κ3) is 9.94. The Bertz CT molecular complexity index is 644. The van der Waals surface area contributed by atoms with Crippen LogP contribution in [-0.4, -0.2) is 51.6 Å². The lowest BCUT2D eigenvalue weighted by Gasteiger charge is -2.24. The van der Waals surface area contributed by atoms with Gasteiger partial charge in [-0.05, 0) is 60.8 Å². The molecular formula is C19H31N3O6. The van der Waals surface area contributed by atoms with Crippen molar-refractivity contribution in [1.29, 1.82) is 0 Å². The molecule has 0 aliphatic heterocycles. The fraction of sp³-hybridized carbons (Fsp3) is 0.684. The highest BCUT2D eigenvalue weighted by atomic mass is 16.6. The summed E-state index contributed by atoms with van der Waals surface area (Å²) in [6, 6.07) is 0. The van der Waals surface area contributed by atoms with Crippen LogP contribution in [0.15, 0.2) is 18.7 Å². The Morgan fingerprint density at radius 3 is 2.21 bits per heavy atom. The van der Waals surface area contributed by atoms with Crippen LogP contribution in [0.2, 0.25) is 0 Å². The summed E-state index contributed by atoms with van der Waals surface area (Å²) < 4.78 is 16.9. The molecule has 0 spiro atoms. The summed E-state index contributed by atoms with van der Waals surface area (Å²) in [5, 5.41) is 2.65. The van der Waals surface area contributed by atoms with Gasteiger partial charge in [-0.25, -0.2) is 23.9 Å². The van der Waals surface area contributed by atoms with Gasteiger partial charge in [-0.1, -0.05) is 0 Å². The van der Waals surface area contributed by atoms with Crippen LogP contribution in [-0.2, 0) is 19.0 Å². The maximum atomic E-state index is 12.4. The standard InChI is InChI=1S/C19H31N3O6/c1-18(2,3)27-15(23)14(26-17(25)22-12-11-20-13-22)9-7-8-10-21-16(24)28-19(4,5)6/h11-14H,7-10H2,1-6H3,(H,21,24)/t14-/m0/s1. The molecule has 0 saturated heterocycles. The van der Waals surface area contributed by atoms with Crippen molar-refractivity contribution >= 4 is 18.2 Å². The molecule has 28 heavy (non-hydrogen) atoms. The molecule has 0 aliphatic carbocycles. The molecule has 9 nitrogen and oxygen atoms in total. The lowest BCUT2D eigenvalue weighted by molar-refractivity contribution is -0.165. The molecule has 0 unspecified atom stereocenters. The van der Waals surface area contributed by atoms with Gasteiger partial charge in [0, 0.05) is 18.9 Å². The molecule has 0 aliphatic rings. The number of alkyl carbamates (subject to hydrolysis) is 1. The number of unbranched alkanes of at least 4 members (excludes halogenated alkanes) is 1. The number of hydrogen-bond donors (Lipinski definition) is 1. The maximum Gasteiger partial charge on any atom is 0.420 e. The van der Waals surface area contributed by atoms with E-state index in [4.69, 9.17) is 14.2 Å². The second kappa shape index (κ2) is 10.1. The van der Waals surface area contributed by atoms with Crippen molar-refractivity contribution in [3.8, 4) is 0 Å². The molecule has 0 aromatic carbocycles. The molecule has 0 radical (unpaired) electrons. The number of rotatable bonds is 7. The van der Waals surface area contributed by atoms with Gasteiger partial charge in [0.05, 0.1) is 0 Å². The van der Waals surface area contributed by atoms with Crippen molar-refractivity contribution in [2.75, 3.05) is 6.54 Å². The second-order valence-corrected chi connectivity index (χ2v) is 8.30. The summed E-state index contributed by atoms with van der Waals surface area (Å²) >= 11 is 0. The number of imidazole rings is 1. The molecule has 0 saturated carbocycles. The average molecular weight is 397 g/mol. The molecule has 0 bridgehead atoms. The molecule has 1 atom stereocenters. The molecule has 158 valence electrons. The van der Waals surface area contributed by atoms with Crippen molar-refractivity contribution in [2.24, 2.45) is 0 Å². The third-order valence-corrected chi connectivity index (χ3v) is 3.19. The van der Waals surface area contributed by atoms with Crippen LogP contribution in [0.4, 0.5) is 9.59 Å². The lowest BCUT2D eigenvalue weighted by Crippen LogP contribution is -2.36. The number of nitrogens with zero attached hydrogens (tertiary/aromatic N) is 2. The van der Waals surface area contributed by atoms with E-state index in [1.54, 1.807) is 41.5 Å². The van der Waals surface area contributed by atoms with Gasteiger partial charge in [0.15, 0.2) is 0 Å². The fourth-order valence-corrected chi connectivity index (χ4v) is 2.10. The van der Waals surface area contributed by atoms with E-state index < -0.39 is 35.5 Å². The van der Waals surface area contributed by atoms with Gasteiger partial charge < -0.3 is 19.5 Å². The topological polar surface area (TPSA) is 109 Å². The Kier molecular flexibility index (Phi) is 8.46. The van der Waals surface area contributed by atoms with E-state index >= 15 is 0 Å². The van der Waals surface area contributed by atoms with Crippen molar-refractivity contribution in [1.82, 2.24) is 14.9 Å². The number of nitrogens with one attached hydrogen (secondary N) is 1. The van der Waals surface area contributed by atoms with Gasteiger partial charge in [-0.15, -0.1) is 0 Å². The van der Waals surface area contributed by atoms with Crippen LogP contribution in [0, 0.1) is 0 Å². The number of esters is 1. The second-order valence-electron chi connectivity index (χ2n) is 8.30. The van der Waals surface area contributed by atoms with E-state index in [-0.39, 0.29) is 6.42 Å². The minimum atomic E-state index is -1.05. The highest BCUT2D eigenvalue weighted by molar-refractivity contribution is 5.79. The monoisotopic (exact) mass is 397 g/mol. The Morgan fingerprint density at radius 1 is 1.04 bits per heavy atom. The minimum absolute atomic E-state index is 0.269. The predicted molar refractivity (Wildman–Crippen MR) is 102 cm³/mol. The zero-order chi connectivity index (χ0) is 21.4. The Balaban J connectivity index is 2.52. The molecule has 0 fully saturated rings. The van der Waals surface area contributed by atoms with E-state index in [9.17, 15) is 14.4 Å². The van der Waals surface area contributed by atoms with Gasteiger partial charge in [-0.3, -0.25) is 0 Å². The third-order valence-electron chi connectivity index (χ3n) is 3.19. The molecule has 1 rings (SSSR count). The summed E-state index contributed by atoms with van der Waals surface area (Å²) in [5.41, 5.74) is -1.26. The van der Waals surface area contributed by atoms with Gasteiger partial charge in [0.2, 0.25) is 6.10 Å². The van der Waals surface area contributed by atoms with Crippen LogP contribution in [0.1, 0.15) is 60.8 Å². The number of aromatic nitrogens is 2. The van der Waals surface area contributed by atoms with E-state index in [1.165, 1.54) is 18.7 Å². The van der Waals surface area contributed by atoms with Crippen LogP contribution < -0.4 is 5.32 Å². The van der Waals surface area contributed by atoms with Gasteiger partial charge >= 0.3 is 18.2 Å². The number of carbonyl (C=O) groups excluding carboxylic acids is 3. The van der Waals surface area contributed by atoms with Crippen LogP contribution in [0.3, 0.4) is 0 Å². The molecule has 1 aromatic heterocycles. The Morgan fingerprint density at radius 2 is 1.68 bits per heavy atom. The summed E-state index contributed by atoms with van der Waals surface area (Å²) in [5.74, 6) is -0.610. The zero-order valence-electron chi connectivity index (χ0n) is 17.5. The van der Waals surface area contributed by atoms with Crippen molar-refractivity contribution < 1.29 is 28.6 Å². The van der Waals surface area contributed by atoms with E-state index in [0.717, 1.165) is 4.57 Å². The molecule has 1 aromatic rings. The first-order chi connectivity index (χ1) is 12.9. The number of carbonyl (C=O) groups is 3. The molecule has 1 heterocycles. The Labute approximate surface area is 165 Å². The number of hydrogen-bond acceptors (Lipinski definition) is 7. The highest BCUT2D eigenvalue weighted by Gasteiger charge is 2.28. The molecule has 1 N–H and O–H groups in total. The van der Waals surface area contributed by atoms with Gasteiger partial charge in [0.1, 0.15) is 17.5 Å². The quantitative estimate of drug-likeness (QED) is 0.427. The summed E-state index contributed by atoms with van der Waals surface area (Å²) in [6.07, 6.45) is 3.30. The van der Waals surface area contributed by atoms with E-state index in [2.05, 4.69) is 10.3 Å². The largest absolute Gasteiger partial charge is 0.457 e. The summed E-state index contributed by atoms with van der Waals surface area (Å²) in [4.78, 5) is 39.9. The first-order valence-corrected chi connectivity index (χ1v) is 9.26. The molecular weight excluding hydrogens is 366 g/mol. The van der Waals surface area contributed by atoms with Crippen LogP contribution in [0.5, 0.6) is 0 Å². The van der Waals surface area contributed by atoms with E-state index in [1.807, 2.05) is 0 Å². The Hall–Kier alpha value is -2.58. The highest BCUT2D eigenvalue weighted by Crippen LogP contribution is 2.15. The summed E-state index contributed by atoms with van der Waals surface area (Å²) in [6.45, 7) is 11.0. The van der Waals surface area contributed by atoms with Gasteiger partial charge in [-0.2, -0.15) is 0 Å². The summed E-state index contributed by atoms with van der Waals surface area (Å²) in [7, 11) is 0. The van der Waals surface area contributed by atoms with Gasteiger partial charge in [0.25, 0.3) is 0 Å². The fourth-order valence-electron chi connectivity index (χ4n) is 2.10. The van der Waals surface area contributed by atoms with Crippen molar-refractivity contribution in [3.63, 3.8) is 0 Å². The van der Waals surface area contributed by atoms with Crippen molar-refractivity contribution in [3.05, 3.63) is 18.7 Å². The van der Waals surface area contributed by atoms with E-state index in [0.29, 0.717) is 19.4 Å². The maximum absolute atomic E-state index is 12.4. The SMILES string of the molecule is CC(C)(C)OC(=O)NCCCC[C@H](OC(=O)n1ccnc1)C(=O)OC(C)(C)C. The average Bonchev–Trinajstić information content (AvgIpc) is 3.04. The lowest BCUT2D eigenvalue weighted by atomic mass is 10.1. The minimum Gasteiger partial charge on any atom is -0.457 e.